The fraction of sp³-hybridized carbons (Fsp3) is 0.536. The highest BCUT2D eigenvalue weighted by Gasteiger charge is 2.52. The lowest BCUT2D eigenvalue weighted by molar-refractivity contribution is -0.141. The summed E-state index contributed by atoms with van der Waals surface area (Å²) in [7, 11) is 0. The molecule has 2 aromatic rings. The van der Waals surface area contributed by atoms with E-state index in [-0.39, 0.29) is 35.5 Å². The molecule has 4 fully saturated rings. The van der Waals surface area contributed by atoms with Gasteiger partial charge in [0.1, 0.15) is 11.6 Å². The third kappa shape index (κ3) is 4.91. The minimum atomic E-state index is -1.14. The first kappa shape index (κ1) is 24.6. The smallest absolute Gasteiger partial charge is 0.290 e. The minimum Gasteiger partial charge on any atom is -0.451 e. The number of piperidine rings is 1. The summed E-state index contributed by atoms with van der Waals surface area (Å²) in [6, 6.07) is 7.06. The Kier molecular flexibility index (Phi) is 6.20. The summed E-state index contributed by atoms with van der Waals surface area (Å²) in [6.07, 6.45) is 5.51. The van der Waals surface area contributed by atoms with E-state index in [2.05, 4.69) is 16.0 Å². The van der Waals surface area contributed by atoms with Crippen molar-refractivity contribution in [1.29, 1.82) is 0 Å². The Morgan fingerprint density at radius 1 is 1.11 bits per heavy atom. The lowest BCUT2D eigenvalue weighted by Gasteiger charge is -2.39. The van der Waals surface area contributed by atoms with Gasteiger partial charge in [-0.05, 0) is 68.9 Å². The van der Waals surface area contributed by atoms with Gasteiger partial charge in [0.2, 0.25) is 17.6 Å². The lowest BCUT2D eigenvalue weighted by Crippen LogP contribution is -2.58. The zero-order valence-corrected chi connectivity index (χ0v) is 21.2. The number of nitrogens with zero attached hydrogens (tertiary/aromatic N) is 1. The molecule has 2 aliphatic carbocycles. The van der Waals surface area contributed by atoms with Gasteiger partial charge in [0.05, 0.1) is 6.04 Å². The molecular weight excluding hydrogens is 488 g/mol. The van der Waals surface area contributed by atoms with Gasteiger partial charge in [-0.3, -0.25) is 24.0 Å². The first-order valence-corrected chi connectivity index (χ1v) is 13.5. The predicted molar refractivity (Wildman–Crippen MR) is 136 cm³/mol. The molecule has 3 atom stereocenters. The average Bonchev–Trinajstić information content (AvgIpc) is 3.80. The second kappa shape index (κ2) is 9.56. The number of ketones is 1. The Labute approximate surface area is 219 Å². The molecule has 0 unspecified atom stereocenters. The molecule has 1 spiro atoms. The van der Waals surface area contributed by atoms with E-state index in [1.807, 2.05) is 18.2 Å². The molecule has 0 radical (unpaired) electrons. The Hall–Kier alpha value is -3.69. The molecule has 4 amide bonds. The number of furan rings is 1. The molecule has 200 valence electrons. The molecule has 38 heavy (non-hydrogen) atoms. The number of hydrogen-bond acceptors (Lipinski definition) is 6. The van der Waals surface area contributed by atoms with Crippen LogP contribution in [0.1, 0.15) is 61.9 Å². The first-order valence-electron chi connectivity index (χ1n) is 13.5. The van der Waals surface area contributed by atoms with Crippen molar-refractivity contribution in [2.75, 3.05) is 13.1 Å². The molecule has 10 nitrogen and oxygen atoms in total. The summed E-state index contributed by atoms with van der Waals surface area (Å²) in [6.45, 7) is 0.900. The number of carbonyl (C=O) groups excluding carboxylic acids is 5. The monoisotopic (exact) mass is 520 g/mol. The highest BCUT2D eigenvalue weighted by Crippen LogP contribution is 2.55. The van der Waals surface area contributed by atoms with E-state index in [9.17, 15) is 24.0 Å². The molecule has 0 bridgehead atoms. The summed E-state index contributed by atoms with van der Waals surface area (Å²) in [5, 5.41) is 9.02. The van der Waals surface area contributed by atoms with Crippen LogP contribution < -0.4 is 16.0 Å². The number of benzene rings is 1. The molecule has 10 heteroatoms. The number of carbonyl (C=O) groups is 5. The first-order chi connectivity index (χ1) is 18.3. The van der Waals surface area contributed by atoms with Gasteiger partial charge in [0.15, 0.2) is 5.76 Å². The second-order valence-corrected chi connectivity index (χ2v) is 11.3. The Morgan fingerprint density at radius 3 is 2.58 bits per heavy atom. The van der Waals surface area contributed by atoms with Crippen molar-refractivity contribution in [3.8, 4) is 0 Å². The summed E-state index contributed by atoms with van der Waals surface area (Å²) in [5.41, 5.74) is 0.621. The van der Waals surface area contributed by atoms with Gasteiger partial charge in [-0.15, -0.1) is 0 Å². The van der Waals surface area contributed by atoms with Crippen molar-refractivity contribution in [3.05, 3.63) is 36.1 Å². The van der Waals surface area contributed by atoms with Crippen LogP contribution >= 0.6 is 0 Å². The lowest BCUT2D eigenvalue weighted by atomic mass is 9.86. The van der Waals surface area contributed by atoms with Gasteiger partial charge >= 0.3 is 0 Å². The van der Waals surface area contributed by atoms with Gasteiger partial charge < -0.3 is 25.3 Å². The molecule has 2 saturated carbocycles. The molecule has 2 aliphatic heterocycles. The van der Waals surface area contributed by atoms with Crippen LogP contribution in [0.15, 0.2) is 34.7 Å². The SMILES string of the molecule is O=C(NC1CC1)C(=O)[C@H](C[C@@H]1CCNC1=O)NC(=O)[C@@H]1CC2(CCN1C(=O)c1cc3ccccc3o1)CC2. The quantitative estimate of drug-likeness (QED) is 0.453. The van der Waals surface area contributed by atoms with E-state index in [1.165, 1.54) is 4.90 Å². The summed E-state index contributed by atoms with van der Waals surface area (Å²) in [5.74, 6) is -2.83. The molecule has 3 heterocycles. The van der Waals surface area contributed by atoms with Crippen molar-refractivity contribution in [2.24, 2.45) is 11.3 Å². The van der Waals surface area contributed by atoms with Crippen LogP contribution in [0, 0.1) is 11.3 Å². The van der Waals surface area contributed by atoms with E-state index in [4.69, 9.17) is 4.42 Å². The van der Waals surface area contributed by atoms with Gasteiger partial charge in [-0.1, -0.05) is 18.2 Å². The normalized spacial score (nSPS) is 24.6. The number of nitrogens with one attached hydrogen (secondary N) is 3. The highest BCUT2D eigenvalue weighted by atomic mass is 16.3. The second-order valence-electron chi connectivity index (χ2n) is 11.3. The zero-order chi connectivity index (χ0) is 26.4. The van der Waals surface area contributed by atoms with E-state index < -0.39 is 35.6 Å². The molecule has 2 saturated heterocycles. The van der Waals surface area contributed by atoms with E-state index in [1.54, 1.807) is 12.1 Å². The van der Waals surface area contributed by atoms with Crippen LogP contribution in [-0.4, -0.2) is 65.5 Å². The largest absolute Gasteiger partial charge is 0.451 e. The molecule has 1 aromatic heterocycles. The maximum atomic E-state index is 13.7. The number of rotatable bonds is 8. The fourth-order valence-corrected chi connectivity index (χ4v) is 5.77. The number of para-hydroxylation sites is 1. The summed E-state index contributed by atoms with van der Waals surface area (Å²) >= 11 is 0. The van der Waals surface area contributed by atoms with Gasteiger partial charge in [0.25, 0.3) is 11.8 Å². The van der Waals surface area contributed by atoms with Crippen molar-refractivity contribution in [1.82, 2.24) is 20.9 Å². The van der Waals surface area contributed by atoms with Gasteiger partial charge in [-0.2, -0.15) is 0 Å². The van der Waals surface area contributed by atoms with Crippen LogP contribution in [0.5, 0.6) is 0 Å². The molecule has 3 N–H and O–H groups in total. The number of amides is 4. The van der Waals surface area contributed by atoms with Crippen molar-refractivity contribution in [3.63, 3.8) is 0 Å². The van der Waals surface area contributed by atoms with Crippen molar-refractivity contribution >= 4 is 40.4 Å². The number of likely N-dealkylation sites (tertiary alicyclic amines) is 1. The number of Topliss-reactive ketones (excluding diaryl/α,β-unsaturated/α-hetero) is 1. The Bertz CT molecular complexity index is 1280. The molecule has 1 aromatic carbocycles. The summed E-state index contributed by atoms with van der Waals surface area (Å²) < 4.78 is 5.80. The Morgan fingerprint density at radius 2 is 1.89 bits per heavy atom. The minimum absolute atomic E-state index is 0.0115. The third-order valence-corrected chi connectivity index (χ3v) is 8.49. The number of hydrogen-bond donors (Lipinski definition) is 3. The van der Waals surface area contributed by atoms with Crippen LogP contribution in [-0.2, 0) is 19.2 Å². The van der Waals surface area contributed by atoms with Crippen molar-refractivity contribution in [2.45, 2.75) is 69.5 Å². The van der Waals surface area contributed by atoms with Gasteiger partial charge in [-0.25, -0.2) is 0 Å². The van der Waals surface area contributed by atoms with Gasteiger partial charge in [0, 0.05) is 30.4 Å². The van der Waals surface area contributed by atoms with Crippen LogP contribution in [0.25, 0.3) is 11.0 Å². The van der Waals surface area contributed by atoms with E-state index in [0.29, 0.717) is 31.5 Å². The van der Waals surface area contributed by atoms with Crippen LogP contribution in [0.2, 0.25) is 0 Å². The predicted octanol–water partition coefficient (Wildman–Crippen LogP) is 1.68. The number of fused-ring (bicyclic) bond motifs is 1. The maximum absolute atomic E-state index is 13.7. The van der Waals surface area contributed by atoms with Crippen LogP contribution in [0.3, 0.4) is 0 Å². The van der Waals surface area contributed by atoms with Crippen LogP contribution in [0.4, 0.5) is 0 Å². The topological polar surface area (TPSA) is 138 Å². The van der Waals surface area contributed by atoms with Crippen molar-refractivity contribution < 1.29 is 28.4 Å². The molecule has 6 rings (SSSR count). The Balaban J connectivity index is 1.23. The zero-order valence-electron chi connectivity index (χ0n) is 21.2. The standard InChI is InChI=1S/C28H32N4O6/c33-23(26(36)30-18-5-6-18)19(13-17-7-11-29-24(17)34)31-25(35)20-15-28(8-9-28)10-12-32(20)27(37)22-14-16-3-1-2-4-21(16)38-22/h1-4,14,17-20H,5-13,15H2,(H,29,34)(H,30,36)(H,31,35)/t17-,19-,20-/m0/s1. The third-order valence-electron chi connectivity index (χ3n) is 8.49. The van der Waals surface area contributed by atoms with E-state index >= 15 is 0 Å². The summed E-state index contributed by atoms with van der Waals surface area (Å²) in [4.78, 5) is 66.8. The molecular formula is C28H32N4O6. The molecule has 4 aliphatic rings. The highest BCUT2D eigenvalue weighted by molar-refractivity contribution is 6.38. The average molecular weight is 521 g/mol. The maximum Gasteiger partial charge on any atom is 0.290 e. The van der Waals surface area contributed by atoms with E-state index in [0.717, 1.165) is 37.5 Å². The fourth-order valence-electron chi connectivity index (χ4n) is 5.77.